The molecule has 1 saturated heterocycles. The molecular weight excluding hydrogens is 376 g/mol. The van der Waals surface area contributed by atoms with Crippen LogP contribution in [-0.4, -0.2) is 28.6 Å². The molecule has 1 aromatic rings. The van der Waals surface area contributed by atoms with E-state index in [-0.39, 0.29) is 19.3 Å². The molecule has 1 aliphatic heterocycles. The fraction of sp³-hybridized carbons (Fsp3) is 0.438. The number of hydrogen-bond acceptors (Lipinski definition) is 7. The normalized spacial score (nSPS) is 13.6. The van der Waals surface area contributed by atoms with Crippen LogP contribution in [0.4, 0.5) is 5.69 Å². The van der Waals surface area contributed by atoms with E-state index in [1.165, 1.54) is 0 Å². The van der Waals surface area contributed by atoms with Crippen molar-refractivity contribution < 1.29 is 19.2 Å². The predicted octanol–water partition coefficient (Wildman–Crippen LogP) is 4.54. The van der Waals surface area contributed by atoms with Crippen molar-refractivity contribution in [2.45, 2.75) is 43.4 Å². The summed E-state index contributed by atoms with van der Waals surface area (Å²) in [5.74, 6) is -0.523. The second-order valence-electron chi connectivity index (χ2n) is 5.44. The topological polar surface area (TPSA) is 112 Å². The molecule has 10 heteroatoms. The Balaban J connectivity index is 1.52. The van der Waals surface area contributed by atoms with Crippen molar-refractivity contribution in [2.75, 3.05) is 5.75 Å². The number of hydroxylamine groups is 2. The molecule has 0 unspecified atom stereocenters. The molecule has 138 valence electrons. The SMILES string of the molecule is [N-]=[N+]=Nc1ccc(SSCCCCCC(=O)ON2C(=O)CCC2=O)cc1. The van der Waals surface area contributed by atoms with Crippen LogP contribution in [0.1, 0.15) is 38.5 Å². The number of imide groups is 1. The van der Waals surface area contributed by atoms with E-state index < -0.39 is 17.8 Å². The van der Waals surface area contributed by atoms with Crippen molar-refractivity contribution in [3.05, 3.63) is 34.7 Å². The van der Waals surface area contributed by atoms with Gasteiger partial charge in [-0.2, -0.15) is 0 Å². The van der Waals surface area contributed by atoms with Gasteiger partial charge in [0, 0.05) is 40.5 Å². The van der Waals surface area contributed by atoms with Gasteiger partial charge in [-0.25, -0.2) is 4.79 Å². The minimum Gasteiger partial charge on any atom is -0.330 e. The zero-order valence-corrected chi connectivity index (χ0v) is 15.6. The highest BCUT2D eigenvalue weighted by molar-refractivity contribution is 8.76. The lowest BCUT2D eigenvalue weighted by Gasteiger charge is -2.12. The second-order valence-corrected chi connectivity index (χ2v) is 7.93. The van der Waals surface area contributed by atoms with Crippen molar-refractivity contribution in [3.63, 3.8) is 0 Å². The minimum absolute atomic E-state index is 0.106. The first-order chi connectivity index (χ1) is 12.6. The fourth-order valence-corrected chi connectivity index (χ4v) is 4.28. The summed E-state index contributed by atoms with van der Waals surface area (Å²) in [6, 6.07) is 7.34. The Morgan fingerprint density at radius 3 is 2.50 bits per heavy atom. The van der Waals surface area contributed by atoms with Gasteiger partial charge >= 0.3 is 5.97 Å². The van der Waals surface area contributed by atoms with Gasteiger partial charge in [-0.05, 0) is 30.5 Å². The van der Waals surface area contributed by atoms with Gasteiger partial charge in [0.05, 0.1) is 0 Å². The molecule has 2 amide bonds. The molecule has 1 aliphatic rings. The number of nitrogens with zero attached hydrogens (tertiary/aromatic N) is 4. The second kappa shape index (κ2) is 10.7. The Hall–Kier alpha value is -2.16. The molecule has 2 rings (SSSR count). The smallest absolute Gasteiger partial charge is 0.330 e. The summed E-state index contributed by atoms with van der Waals surface area (Å²) in [6.45, 7) is 0. The van der Waals surface area contributed by atoms with Crippen LogP contribution in [0.15, 0.2) is 34.3 Å². The average molecular weight is 394 g/mol. The molecule has 0 radical (unpaired) electrons. The van der Waals surface area contributed by atoms with Crippen LogP contribution in [0, 0.1) is 0 Å². The van der Waals surface area contributed by atoms with E-state index in [0.717, 1.165) is 23.5 Å². The van der Waals surface area contributed by atoms with Crippen LogP contribution in [0.5, 0.6) is 0 Å². The van der Waals surface area contributed by atoms with Crippen molar-refractivity contribution >= 4 is 45.1 Å². The number of amides is 2. The maximum atomic E-state index is 11.6. The summed E-state index contributed by atoms with van der Waals surface area (Å²) in [5, 5.41) is 4.10. The van der Waals surface area contributed by atoms with E-state index in [1.54, 1.807) is 33.7 Å². The minimum atomic E-state index is -0.546. The Morgan fingerprint density at radius 2 is 1.85 bits per heavy atom. The molecule has 1 fully saturated rings. The van der Waals surface area contributed by atoms with E-state index in [2.05, 4.69) is 10.0 Å². The van der Waals surface area contributed by atoms with E-state index >= 15 is 0 Å². The Kier molecular flexibility index (Phi) is 8.33. The van der Waals surface area contributed by atoms with Crippen LogP contribution in [0.25, 0.3) is 10.4 Å². The predicted molar refractivity (Wildman–Crippen MR) is 99.2 cm³/mol. The standard InChI is InChI=1S/C16H18N4O4S2/c17-19-18-12-5-7-13(8-6-12)26-25-11-3-1-2-4-16(23)24-20-14(21)9-10-15(20)22/h5-8H,1-4,9-11H2. The zero-order chi connectivity index (χ0) is 18.8. The molecule has 0 atom stereocenters. The lowest BCUT2D eigenvalue weighted by atomic mass is 10.2. The van der Waals surface area contributed by atoms with E-state index in [1.807, 2.05) is 12.1 Å². The summed E-state index contributed by atoms with van der Waals surface area (Å²) < 4.78 is 0. The summed E-state index contributed by atoms with van der Waals surface area (Å²) in [5.41, 5.74) is 8.94. The average Bonchev–Trinajstić information content (AvgIpc) is 2.94. The summed E-state index contributed by atoms with van der Waals surface area (Å²) >= 11 is 0. The number of rotatable bonds is 10. The van der Waals surface area contributed by atoms with Gasteiger partial charge in [0.15, 0.2) is 0 Å². The molecule has 0 saturated carbocycles. The lowest BCUT2D eigenvalue weighted by molar-refractivity contribution is -0.197. The summed E-state index contributed by atoms with van der Waals surface area (Å²) in [6.07, 6.45) is 2.87. The molecule has 1 heterocycles. The molecule has 0 aromatic heterocycles. The number of carbonyl (C=O) groups is 3. The van der Waals surface area contributed by atoms with Gasteiger partial charge in [0.1, 0.15) is 0 Å². The van der Waals surface area contributed by atoms with E-state index in [0.29, 0.717) is 17.2 Å². The number of unbranched alkanes of at least 4 members (excludes halogenated alkanes) is 2. The van der Waals surface area contributed by atoms with Gasteiger partial charge in [-0.1, -0.05) is 45.3 Å². The Labute approximate surface area is 158 Å². The fourth-order valence-electron chi connectivity index (χ4n) is 2.14. The highest BCUT2D eigenvalue weighted by atomic mass is 33.1. The highest BCUT2D eigenvalue weighted by Crippen LogP contribution is 2.32. The molecule has 0 N–H and O–H groups in total. The Morgan fingerprint density at radius 1 is 1.15 bits per heavy atom. The molecule has 0 bridgehead atoms. The van der Waals surface area contributed by atoms with Crippen molar-refractivity contribution in [2.24, 2.45) is 5.11 Å². The van der Waals surface area contributed by atoms with Crippen LogP contribution in [-0.2, 0) is 19.2 Å². The number of carbonyl (C=O) groups excluding carboxylic acids is 3. The first-order valence-corrected chi connectivity index (χ1v) is 10.4. The summed E-state index contributed by atoms with van der Waals surface area (Å²) in [4.78, 5) is 42.9. The molecule has 1 aromatic carbocycles. The maximum Gasteiger partial charge on any atom is 0.333 e. The first kappa shape index (κ1) is 20.2. The van der Waals surface area contributed by atoms with E-state index in [4.69, 9.17) is 10.4 Å². The van der Waals surface area contributed by atoms with E-state index in [9.17, 15) is 14.4 Å². The third kappa shape index (κ3) is 6.62. The third-order valence-electron chi connectivity index (χ3n) is 3.46. The van der Waals surface area contributed by atoms with Gasteiger partial charge in [0.2, 0.25) is 0 Å². The van der Waals surface area contributed by atoms with Crippen molar-refractivity contribution in [1.29, 1.82) is 0 Å². The van der Waals surface area contributed by atoms with Crippen LogP contribution in [0.3, 0.4) is 0 Å². The van der Waals surface area contributed by atoms with Gasteiger partial charge in [-0.3, -0.25) is 9.59 Å². The number of benzene rings is 1. The quantitative estimate of drug-likeness (QED) is 0.144. The lowest BCUT2D eigenvalue weighted by Crippen LogP contribution is -2.31. The Bertz CT molecular complexity index is 689. The van der Waals surface area contributed by atoms with Crippen LogP contribution in [0.2, 0.25) is 0 Å². The highest BCUT2D eigenvalue weighted by Gasteiger charge is 2.32. The monoisotopic (exact) mass is 394 g/mol. The molecular formula is C16H18N4O4S2. The molecule has 0 spiro atoms. The molecule has 0 aliphatic carbocycles. The van der Waals surface area contributed by atoms with Crippen LogP contribution < -0.4 is 0 Å². The number of azide groups is 1. The first-order valence-electron chi connectivity index (χ1n) is 8.11. The van der Waals surface area contributed by atoms with Gasteiger partial charge in [-0.15, -0.1) is 5.06 Å². The molecule has 26 heavy (non-hydrogen) atoms. The molecule has 8 nitrogen and oxygen atoms in total. The van der Waals surface area contributed by atoms with Crippen LogP contribution >= 0.6 is 21.6 Å². The third-order valence-corrected chi connectivity index (χ3v) is 5.93. The number of hydrogen-bond donors (Lipinski definition) is 0. The maximum absolute atomic E-state index is 11.6. The van der Waals surface area contributed by atoms with Crippen molar-refractivity contribution in [1.82, 2.24) is 5.06 Å². The summed E-state index contributed by atoms with van der Waals surface area (Å²) in [7, 11) is 3.35. The van der Waals surface area contributed by atoms with Crippen molar-refractivity contribution in [3.8, 4) is 0 Å². The van der Waals surface area contributed by atoms with Gasteiger partial charge in [0.25, 0.3) is 11.8 Å². The van der Waals surface area contributed by atoms with Gasteiger partial charge < -0.3 is 4.84 Å². The zero-order valence-electron chi connectivity index (χ0n) is 14.0. The largest absolute Gasteiger partial charge is 0.333 e.